The maximum absolute atomic E-state index is 8.36. The summed E-state index contributed by atoms with van der Waals surface area (Å²) in [5.41, 5.74) is 0. The third-order valence-electron chi connectivity index (χ3n) is 0. The molecular weight excluding hydrogens is 269 g/mol. The van der Waals surface area contributed by atoms with Crippen molar-refractivity contribution in [2.24, 2.45) is 0 Å². The Labute approximate surface area is 71.5 Å². The molecule has 0 aliphatic carbocycles. The van der Waals surface area contributed by atoms with E-state index in [1.165, 1.54) is 0 Å². The van der Waals surface area contributed by atoms with Crippen LogP contribution in [0.2, 0.25) is 0 Å². The molecule has 0 rings (SSSR count). The largest absolute Gasteiger partial charge is 0.328 e. The molecule has 0 atom stereocenters. The number of halogens is 1. The van der Waals surface area contributed by atoms with Crippen molar-refractivity contribution in [3.8, 4) is 0 Å². The predicted molar refractivity (Wildman–Crippen MR) is 19.1 cm³/mol. The molecule has 0 saturated carbocycles. The van der Waals surface area contributed by atoms with Crippen molar-refractivity contribution in [1.29, 1.82) is 0 Å². The quantitative estimate of drug-likeness (QED) is 0.389. The second kappa shape index (κ2) is 15.9. The van der Waals surface area contributed by atoms with Gasteiger partial charge in [0.05, 0.1) is 0 Å². The Kier molecular flexibility index (Phi) is 57.2. The molecule has 0 heterocycles. The molecule has 2 radical (unpaired) electrons. The molecule has 4 nitrogen and oxygen atoms in total. The first kappa shape index (κ1) is 25.2. The first-order chi connectivity index (χ1) is 1.73. The van der Waals surface area contributed by atoms with Crippen molar-refractivity contribution in [2.45, 2.75) is 0 Å². The van der Waals surface area contributed by atoms with Gasteiger partial charge in [0.1, 0.15) is 0 Å². The Bertz CT molecular complexity index is 35.9. The van der Waals surface area contributed by atoms with Crippen LogP contribution in [0.4, 0.5) is 0 Å². The Morgan fingerprint density at radius 2 is 1.43 bits per heavy atom. The van der Waals surface area contributed by atoms with Crippen LogP contribution in [0.3, 0.4) is 0 Å². The van der Waals surface area contributed by atoms with Crippen LogP contribution in [0.25, 0.3) is 0 Å². The zero-order valence-corrected chi connectivity index (χ0v) is 6.32. The van der Waals surface area contributed by atoms with Gasteiger partial charge in [-0.25, -0.2) is 0 Å². The topological polar surface area (TPSA) is 63.4 Å². The third kappa shape index (κ3) is 289. The summed E-state index contributed by atoms with van der Waals surface area (Å²) in [7, 11) is 0. The molecule has 0 aliphatic rings. The molecule has 0 bridgehead atoms. The molecule has 0 unspecified atom stereocenters. The van der Waals surface area contributed by atoms with Crippen LogP contribution in [-0.2, 0) is 34.1 Å². The smallest absolute Gasteiger partial charge is 0.291 e. The van der Waals surface area contributed by atoms with Gasteiger partial charge in [0.15, 0.2) is 0 Å². The van der Waals surface area contributed by atoms with Gasteiger partial charge in [0, 0.05) is 34.1 Å². The Hall–Kier alpha value is 0.719. The summed E-state index contributed by atoms with van der Waals surface area (Å²) in [6.07, 6.45) is 0. The summed E-state index contributed by atoms with van der Waals surface area (Å²) in [5.74, 6) is 0. The van der Waals surface area contributed by atoms with Crippen LogP contribution >= 0.6 is 17.0 Å². The Morgan fingerprint density at radius 1 is 1.43 bits per heavy atom. The SMILES string of the molecule is Br.O=[N+]([O-])O.[Cu].[Cu]. The van der Waals surface area contributed by atoms with Gasteiger partial charge in [0.25, 0.3) is 5.09 Å². The van der Waals surface area contributed by atoms with E-state index in [4.69, 9.17) is 15.3 Å². The summed E-state index contributed by atoms with van der Waals surface area (Å²) < 4.78 is 0. The molecule has 0 saturated heterocycles. The van der Waals surface area contributed by atoms with E-state index in [0.717, 1.165) is 0 Å². The molecule has 7 heavy (non-hydrogen) atoms. The Morgan fingerprint density at radius 3 is 1.43 bits per heavy atom. The number of hydrogen-bond donors (Lipinski definition) is 1. The fourth-order valence-corrected chi connectivity index (χ4v) is 0. The van der Waals surface area contributed by atoms with Gasteiger partial charge in [-0.15, -0.1) is 27.1 Å². The Balaban J connectivity index is -0.0000000150. The molecule has 0 aliphatic heterocycles. The molecule has 0 aromatic carbocycles. The van der Waals surface area contributed by atoms with Gasteiger partial charge in [-0.05, 0) is 0 Å². The van der Waals surface area contributed by atoms with Crippen molar-refractivity contribution < 1.29 is 44.4 Å². The van der Waals surface area contributed by atoms with E-state index < -0.39 is 5.09 Å². The fourth-order valence-electron chi connectivity index (χ4n) is 0. The predicted octanol–water partition coefficient (Wildman–Crippen LogP) is 0.225. The first-order valence-corrected chi connectivity index (χ1v) is 0.565. The fraction of sp³-hybridized carbons (Fsp3) is 0. The molecule has 7 heteroatoms. The average molecular weight is 271 g/mol. The van der Waals surface area contributed by atoms with E-state index in [9.17, 15) is 0 Å². The molecule has 0 aromatic heterocycles. The van der Waals surface area contributed by atoms with Gasteiger partial charge in [-0.3, -0.25) is 0 Å². The van der Waals surface area contributed by atoms with Crippen LogP contribution < -0.4 is 0 Å². The average Bonchev–Trinajstić information content (AvgIpc) is 0.811. The van der Waals surface area contributed by atoms with Crippen molar-refractivity contribution in [1.82, 2.24) is 0 Å². The normalized spacial score (nSPS) is 3.43. The van der Waals surface area contributed by atoms with Gasteiger partial charge in [0.2, 0.25) is 0 Å². The van der Waals surface area contributed by atoms with Gasteiger partial charge in [-0.1, -0.05) is 0 Å². The van der Waals surface area contributed by atoms with E-state index in [1.54, 1.807) is 0 Å². The number of nitrogens with zero attached hydrogens (tertiary/aromatic N) is 1. The number of rotatable bonds is 0. The van der Waals surface area contributed by atoms with E-state index in [1.807, 2.05) is 0 Å². The van der Waals surface area contributed by atoms with Crippen molar-refractivity contribution in [3.05, 3.63) is 10.1 Å². The van der Waals surface area contributed by atoms with Crippen LogP contribution in [0.5, 0.6) is 0 Å². The first-order valence-electron chi connectivity index (χ1n) is 0.565. The second-order valence-electron chi connectivity index (χ2n) is 0.238. The van der Waals surface area contributed by atoms with E-state index in [2.05, 4.69) is 0 Å². The van der Waals surface area contributed by atoms with Crippen molar-refractivity contribution in [2.75, 3.05) is 0 Å². The van der Waals surface area contributed by atoms with E-state index in [0.29, 0.717) is 0 Å². The van der Waals surface area contributed by atoms with E-state index in [-0.39, 0.29) is 51.1 Å². The third-order valence-corrected chi connectivity index (χ3v) is 0. The van der Waals surface area contributed by atoms with Gasteiger partial charge in [-0.2, -0.15) is 0 Å². The van der Waals surface area contributed by atoms with Crippen LogP contribution in [0.15, 0.2) is 0 Å². The van der Waals surface area contributed by atoms with E-state index >= 15 is 0 Å². The van der Waals surface area contributed by atoms with Crippen LogP contribution in [-0.4, -0.2) is 10.3 Å². The minimum atomic E-state index is -1.50. The summed E-state index contributed by atoms with van der Waals surface area (Å²) in [6.45, 7) is 0. The molecular formula is H2BrCu2NO3. The second-order valence-corrected chi connectivity index (χ2v) is 0.238. The maximum atomic E-state index is 8.36. The number of hydrogen-bond acceptors (Lipinski definition) is 2. The molecule has 54 valence electrons. The van der Waals surface area contributed by atoms with Gasteiger partial charge < -0.3 is 5.21 Å². The zero-order valence-electron chi connectivity index (χ0n) is 2.72. The summed E-state index contributed by atoms with van der Waals surface area (Å²) in [5, 5.41) is 13.6. The molecule has 0 aromatic rings. The minimum Gasteiger partial charge on any atom is -0.328 e. The van der Waals surface area contributed by atoms with Crippen molar-refractivity contribution >= 4 is 17.0 Å². The zero-order chi connectivity index (χ0) is 3.58. The van der Waals surface area contributed by atoms with Crippen molar-refractivity contribution in [3.63, 3.8) is 0 Å². The molecule has 0 amide bonds. The minimum absolute atomic E-state index is 0. The summed E-state index contributed by atoms with van der Waals surface area (Å²) in [4.78, 5) is 8.36. The summed E-state index contributed by atoms with van der Waals surface area (Å²) >= 11 is 0. The van der Waals surface area contributed by atoms with Crippen LogP contribution in [0.1, 0.15) is 0 Å². The molecule has 0 spiro atoms. The maximum Gasteiger partial charge on any atom is 0.291 e. The summed E-state index contributed by atoms with van der Waals surface area (Å²) in [6, 6.07) is 0. The van der Waals surface area contributed by atoms with Gasteiger partial charge >= 0.3 is 0 Å². The standard InChI is InChI=1S/BrH.2Cu.HNO3/c;;;2-1(3)4/h1H;;;(H,2,3,4). The monoisotopic (exact) mass is 269 g/mol. The molecule has 1 N–H and O–H groups in total. The van der Waals surface area contributed by atoms with Crippen LogP contribution in [0, 0.1) is 10.1 Å². The molecule has 0 fully saturated rings.